The van der Waals surface area contributed by atoms with Crippen LogP contribution in [0.15, 0.2) is 12.2 Å². The lowest BCUT2D eigenvalue weighted by Crippen LogP contribution is -2.51. The molecule has 1 aliphatic rings. The molecular formula is C30H57N5O3. The smallest absolute Gasteiger partial charge is 0.242 e. The Morgan fingerprint density at radius 3 is 2.11 bits per heavy atom. The van der Waals surface area contributed by atoms with Gasteiger partial charge in [0.1, 0.15) is 6.04 Å². The second kappa shape index (κ2) is 21.9. The van der Waals surface area contributed by atoms with Crippen molar-refractivity contribution in [3.05, 3.63) is 12.2 Å². The summed E-state index contributed by atoms with van der Waals surface area (Å²) >= 11 is 0. The first-order valence-electron chi connectivity index (χ1n) is 15.4. The Kier molecular flexibility index (Phi) is 19.7. The Morgan fingerprint density at radius 2 is 1.50 bits per heavy atom. The van der Waals surface area contributed by atoms with Gasteiger partial charge in [-0.05, 0) is 57.9 Å². The van der Waals surface area contributed by atoms with Gasteiger partial charge in [-0.1, -0.05) is 76.9 Å². The van der Waals surface area contributed by atoms with Gasteiger partial charge in [0.25, 0.3) is 0 Å². The van der Waals surface area contributed by atoms with Gasteiger partial charge in [-0.3, -0.25) is 14.4 Å². The number of carbonyl (C=O) groups excluding carboxylic acids is 3. The van der Waals surface area contributed by atoms with Gasteiger partial charge >= 0.3 is 0 Å². The molecule has 0 aromatic carbocycles. The van der Waals surface area contributed by atoms with Gasteiger partial charge in [0.15, 0.2) is 0 Å². The highest BCUT2D eigenvalue weighted by molar-refractivity contribution is 5.90. The van der Waals surface area contributed by atoms with Crippen LogP contribution in [-0.2, 0) is 14.4 Å². The third-order valence-corrected chi connectivity index (χ3v) is 7.45. The Balaban J connectivity index is 2.20. The summed E-state index contributed by atoms with van der Waals surface area (Å²) in [5.74, 6) is -0.462. The monoisotopic (exact) mass is 535 g/mol. The minimum atomic E-state index is -0.654. The maximum atomic E-state index is 12.9. The number of likely N-dealkylation sites (tertiary alicyclic amines) is 1. The number of nitrogens with two attached hydrogens (primary N) is 2. The molecule has 0 saturated carbocycles. The molecule has 8 nitrogen and oxygen atoms in total. The molecule has 1 saturated heterocycles. The molecule has 0 aromatic rings. The van der Waals surface area contributed by atoms with E-state index in [4.69, 9.17) is 11.5 Å². The van der Waals surface area contributed by atoms with Crippen molar-refractivity contribution >= 4 is 17.7 Å². The summed E-state index contributed by atoms with van der Waals surface area (Å²) in [5, 5.41) is 5.67. The minimum absolute atomic E-state index is 0.00942. The lowest BCUT2D eigenvalue weighted by molar-refractivity contribution is -0.139. The zero-order valence-electron chi connectivity index (χ0n) is 24.4. The Bertz CT molecular complexity index is 685. The van der Waals surface area contributed by atoms with E-state index in [2.05, 4.69) is 29.7 Å². The average Bonchev–Trinajstić information content (AvgIpc) is 3.33. The first-order valence-corrected chi connectivity index (χ1v) is 15.4. The summed E-state index contributed by atoms with van der Waals surface area (Å²) < 4.78 is 0. The summed E-state index contributed by atoms with van der Waals surface area (Å²) in [5.41, 5.74) is 11.6. The van der Waals surface area contributed by atoms with E-state index >= 15 is 0 Å². The van der Waals surface area contributed by atoms with Crippen LogP contribution in [0.3, 0.4) is 0 Å². The third-order valence-electron chi connectivity index (χ3n) is 7.45. The highest BCUT2D eigenvalue weighted by Gasteiger charge is 2.41. The number of unbranched alkanes of at least 4 members (excludes halogenated alkanes) is 12. The predicted molar refractivity (Wildman–Crippen MR) is 156 cm³/mol. The van der Waals surface area contributed by atoms with E-state index in [1.807, 2.05) is 0 Å². The number of allylic oxidation sites excluding steroid dienone is 2. The Hall–Kier alpha value is -1.93. The van der Waals surface area contributed by atoms with Crippen LogP contribution in [0.25, 0.3) is 0 Å². The fraction of sp³-hybridized carbons (Fsp3) is 0.833. The molecule has 6 N–H and O–H groups in total. The summed E-state index contributed by atoms with van der Waals surface area (Å²) in [7, 11) is 1.56. The maximum Gasteiger partial charge on any atom is 0.242 e. The highest BCUT2D eigenvalue weighted by Crippen LogP contribution is 2.20. The second-order valence-electron chi connectivity index (χ2n) is 10.8. The summed E-state index contributed by atoms with van der Waals surface area (Å²) in [6, 6.07) is -1.48. The molecule has 38 heavy (non-hydrogen) atoms. The van der Waals surface area contributed by atoms with E-state index < -0.39 is 12.1 Å². The number of likely N-dealkylation sites (N-methyl/N-ethyl adjacent to an activating group) is 1. The topological polar surface area (TPSA) is 131 Å². The first kappa shape index (κ1) is 34.1. The number of carbonyl (C=O) groups is 3. The third kappa shape index (κ3) is 14.9. The molecule has 0 radical (unpaired) electrons. The predicted octanol–water partition coefficient (Wildman–Crippen LogP) is 4.31. The van der Waals surface area contributed by atoms with Crippen LogP contribution < -0.4 is 22.1 Å². The fourth-order valence-electron chi connectivity index (χ4n) is 5.10. The molecule has 0 bridgehead atoms. The van der Waals surface area contributed by atoms with Gasteiger partial charge < -0.3 is 27.0 Å². The van der Waals surface area contributed by atoms with E-state index in [1.54, 1.807) is 11.9 Å². The van der Waals surface area contributed by atoms with Crippen molar-refractivity contribution in [1.29, 1.82) is 0 Å². The standard InChI is InChI=1S/C30H57N5O3/c1-3-4-5-6-7-8-9-10-11-12-13-14-15-16-17-21-28(36)34-25-23-27(29(37)33-2)35(24-25)30(38)26(32)20-18-19-22-31/h10-11,25-27H,3-9,12-24,31-32H2,1-2H3,(H,33,37)(H,34,36)/b11-10-/t25-,26?,27-/m0/s1. The van der Waals surface area contributed by atoms with Gasteiger partial charge in [0, 0.05) is 26.1 Å². The summed E-state index contributed by atoms with van der Waals surface area (Å²) in [4.78, 5) is 39.3. The van der Waals surface area contributed by atoms with E-state index in [0.29, 0.717) is 32.4 Å². The Labute approximate surface area is 232 Å². The zero-order valence-corrected chi connectivity index (χ0v) is 24.4. The quantitative estimate of drug-likeness (QED) is 0.121. The zero-order chi connectivity index (χ0) is 28.0. The average molecular weight is 536 g/mol. The minimum Gasteiger partial charge on any atom is -0.357 e. The molecule has 1 rings (SSSR count). The molecule has 220 valence electrons. The van der Waals surface area contributed by atoms with Crippen molar-refractivity contribution in [2.24, 2.45) is 11.5 Å². The van der Waals surface area contributed by atoms with Gasteiger partial charge in [-0.2, -0.15) is 0 Å². The van der Waals surface area contributed by atoms with Gasteiger partial charge in [-0.25, -0.2) is 0 Å². The molecule has 1 heterocycles. The highest BCUT2D eigenvalue weighted by atomic mass is 16.2. The van der Waals surface area contributed by atoms with E-state index in [9.17, 15) is 14.4 Å². The molecule has 0 aliphatic carbocycles. The number of hydrogen-bond acceptors (Lipinski definition) is 5. The van der Waals surface area contributed by atoms with Crippen LogP contribution in [0.4, 0.5) is 0 Å². The summed E-state index contributed by atoms with van der Waals surface area (Å²) in [6.07, 6.45) is 23.6. The van der Waals surface area contributed by atoms with E-state index in [1.165, 1.54) is 57.8 Å². The van der Waals surface area contributed by atoms with Crippen molar-refractivity contribution in [3.8, 4) is 0 Å². The molecule has 0 spiro atoms. The summed E-state index contributed by atoms with van der Waals surface area (Å²) in [6.45, 7) is 3.14. The largest absolute Gasteiger partial charge is 0.357 e. The van der Waals surface area contributed by atoms with Crippen LogP contribution in [-0.4, -0.2) is 60.9 Å². The first-order chi connectivity index (χ1) is 18.4. The van der Waals surface area contributed by atoms with Crippen LogP contribution in [0.2, 0.25) is 0 Å². The van der Waals surface area contributed by atoms with Crippen LogP contribution in [0.1, 0.15) is 122 Å². The van der Waals surface area contributed by atoms with Crippen molar-refractivity contribution < 1.29 is 14.4 Å². The maximum absolute atomic E-state index is 12.9. The number of nitrogens with zero attached hydrogens (tertiary/aromatic N) is 1. The van der Waals surface area contributed by atoms with Crippen molar-refractivity contribution in [1.82, 2.24) is 15.5 Å². The normalized spacial score (nSPS) is 18.2. The Morgan fingerprint density at radius 1 is 0.895 bits per heavy atom. The number of amides is 3. The van der Waals surface area contributed by atoms with Gasteiger partial charge in [0.05, 0.1) is 6.04 Å². The molecular weight excluding hydrogens is 478 g/mol. The van der Waals surface area contributed by atoms with Gasteiger partial charge in [0.2, 0.25) is 17.7 Å². The van der Waals surface area contributed by atoms with E-state index in [-0.39, 0.29) is 23.8 Å². The second-order valence-corrected chi connectivity index (χ2v) is 10.8. The molecule has 1 aliphatic heterocycles. The fourth-order valence-corrected chi connectivity index (χ4v) is 5.10. The molecule has 3 atom stereocenters. The lowest BCUT2D eigenvalue weighted by Gasteiger charge is -2.26. The molecule has 1 fully saturated rings. The van der Waals surface area contributed by atoms with E-state index in [0.717, 1.165) is 38.5 Å². The van der Waals surface area contributed by atoms with Crippen molar-refractivity contribution in [2.75, 3.05) is 20.1 Å². The SMILES string of the molecule is CCCCCCCC/C=C\CCCCCCCC(=O)N[C@H]1C[C@@H](C(=O)NC)N(C(=O)C(N)CCCCN)C1. The van der Waals surface area contributed by atoms with Gasteiger partial charge in [-0.15, -0.1) is 0 Å². The molecule has 1 unspecified atom stereocenters. The molecule has 8 heteroatoms. The lowest BCUT2D eigenvalue weighted by atomic mass is 10.1. The number of hydrogen-bond donors (Lipinski definition) is 4. The van der Waals surface area contributed by atoms with Crippen molar-refractivity contribution in [2.45, 2.75) is 141 Å². The van der Waals surface area contributed by atoms with Crippen LogP contribution >= 0.6 is 0 Å². The number of rotatable bonds is 22. The van der Waals surface area contributed by atoms with Crippen molar-refractivity contribution in [3.63, 3.8) is 0 Å². The van der Waals surface area contributed by atoms with Crippen LogP contribution in [0.5, 0.6) is 0 Å². The van der Waals surface area contributed by atoms with Crippen LogP contribution in [0, 0.1) is 0 Å². The molecule has 3 amide bonds. The molecule has 0 aromatic heterocycles. The number of nitrogens with one attached hydrogen (secondary N) is 2.